The molecular formula is C19H24N4O3. The molecule has 1 atom stereocenters. The fourth-order valence-corrected chi connectivity index (χ4v) is 3.82. The van der Waals surface area contributed by atoms with Crippen molar-refractivity contribution >= 4 is 11.6 Å². The number of anilines is 1. The van der Waals surface area contributed by atoms with Crippen LogP contribution in [0.3, 0.4) is 0 Å². The number of hydrogen-bond donors (Lipinski definition) is 2. The zero-order valence-corrected chi connectivity index (χ0v) is 14.7. The Morgan fingerprint density at radius 3 is 2.92 bits per heavy atom. The minimum Gasteiger partial charge on any atom is -0.393 e. The van der Waals surface area contributed by atoms with Crippen LogP contribution in [0.1, 0.15) is 29.5 Å². The number of rotatable bonds is 4. The fraction of sp³-hybridized carbons (Fsp3) is 0.474. The van der Waals surface area contributed by atoms with Gasteiger partial charge in [0.1, 0.15) is 6.10 Å². The monoisotopic (exact) mass is 356 g/mol. The summed E-state index contributed by atoms with van der Waals surface area (Å²) in [5, 5.41) is 23.3. The lowest BCUT2D eigenvalue weighted by atomic mass is 10.2. The first-order valence-corrected chi connectivity index (χ1v) is 9.12. The Labute approximate surface area is 152 Å². The average Bonchev–Trinajstić information content (AvgIpc) is 3.21. The molecule has 7 heteroatoms. The fourth-order valence-electron chi connectivity index (χ4n) is 3.82. The molecule has 0 aliphatic carbocycles. The maximum Gasteiger partial charge on any atom is 0.241 e. The quantitative estimate of drug-likeness (QED) is 0.843. The van der Waals surface area contributed by atoms with E-state index in [1.165, 1.54) is 5.56 Å². The van der Waals surface area contributed by atoms with Crippen LogP contribution in [0.4, 0.5) is 5.69 Å². The molecule has 138 valence electrons. The van der Waals surface area contributed by atoms with Gasteiger partial charge >= 0.3 is 0 Å². The Morgan fingerprint density at radius 2 is 2.08 bits per heavy atom. The number of fused-ring (bicyclic) bond motifs is 2. The molecule has 1 amide bonds. The van der Waals surface area contributed by atoms with Crippen molar-refractivity contribution in [3.63, 3.8) is 0 Å². The van der Waals surface area contributed by atoms with Gasteiger partial charge in [-0.3, -0.25) is 14.4 Å². The lowest BCUT2D eigenvalue weighted by Gasteiger charge is -2.23. The number of para-hydroxylation sites is 1. The molecule has 0 unspecified atom stereocenters. The van der Waals surface area contributed by atoms with Gasteiger partial charge in [0, 0.05) is 31.9 Å². The molecule has 2 N–H and O–H groups in total. The predicted molar refractivity (Wildman–Crippen MR) is 96.7 cm³/mol. The van der Waals surface area contributed by atoms with E-state index in [1.54, 1.807) is 0 Å². The van der Waals surface area contributed by atoms with E-state index < -0.39 is 6.10 Å². The van der Waals surface area contributed by atoms with Gasteiger partial charge in [-0.2, -0.15) is 5.10 Å². The van der Waals surface area contributed by atoms with E-state index in [0.717, 1.165) is 43.9 Å². The number of aromatic nitrogens is 2. The predicted octanol–water partition coefficient (Wildman–Crippen LogP) is 0.704. The maximum absolute atomic E-state index is 12.8. The maximum atomic E-state index is 12.8. The van der Waals surface area contributed by atoms with Gasteiger partial charge in [-0.05, 0) is 30.5 Å². The number of benzene rings is 1. The summed E-state index contributed by atoms with van der Waals surface area (Å²) in [6, 6.07) is 9.92. The van der Waals surface area contributed by atoms with Crippen molar-refractivity contribution in [2.75, 3.05) is 31.1 Å². The Bertz CT molecular complexity index is 804. The Balaban J connectivity index is 1.46. The molecule has 2 aliphatic rings. The van der Waals surface area contributed by atoms with Crippen molar-refractivity contribution < 1.29 is 15.0 Å². The molecule has 2 aromatic rings. The third-order valence-electron chi connectivity index (χ3n) is 5.17. The van der Waals surface area contributed by atoms with E-state index in [9.17, 15) is 9.90 Å². The Hall–Kier alpha value is -2.22. The lowest BCUT2D eigenvalue weighted by molar-refractivity contribution is -0.119. The molecule has 1 aromatic heterocycles. The molecule has 0 spiro atoms. The first-order valence-electron chi connectivity index (χ1n) is 9.12. The molecule has 0 bridgehead atoms. The number of carbonyl (C=O) groups excluding carboxylic acids is 1. The minimum atomic E-state index is -0.953. The average molecular weight is 356 g/mol. The van der Waals surface area contributed by atoms with Crippen LogP contribution in [-0.4, -0.2) is 57.0 Å². The van der Waals surface area contributed by atoms with Gasteiger partial charge < -0.3 is 15.1 Å². The van der Waals surface area contributed by atoms with E-state index in [1.807, 2.05) is 33.8 Å². The summed E-state index contributed by atoms with van der Waals surface area (Å²) >= 11 is 0. The first-order chi connectivity index (χ1) is 12.7. The largest absolute Gasteiger partial charge is 0.393 e. The molecular weight excluding hydrogens is 332 g/mol. The number of amides is 1. The normalized spacial score (nSPS) is 18.3. The van der Waals surface area contributed by atoms with Gasteiger partial charge in [-0.15, -0.1) is 0 Å². The third-order valence-corrected chi connectivity index (χ3v) is 5.17. The molecule has 0 saturated heterocycles. The van der Waals surface area contributed by atoms with Crippen LogP contribution >= 0.6 is 0 Å². The highest BCUT2D eigenvalue weighted by molar-refractivity contribution is 5.96. The minimum absolute atomic E-state index is 0.124. The van der Waals surface area contributed by atoms with Gasteiger partial charge in [-0.25, -0.2) is 0 Å². The molecule has 0 radical (unpaired) electrons. The molecule has 1 aromatic carbocycles. The number of aliphatic hydroxyl groups excluding tert-OH is 2. The van der Waals surface area contributed by atoms with Gasteiger partial charge in [0.15, 0.2) is 0 Å². The second kappa shape index (κ2) is 7.19. The zero-order chi connectivity index (χ0) is 18.1. The number of aliphatic hydroxyl groups is 2. The van der Waals surface area contributed by atoms with Gasteiger partial charge in [-0.1, -0.05) is 18.2 Å². The third kappa shape index (κ3) is 3.25. The van der Waals surface area contributed by atoms with Crippen LogP contribution in [0.5, 0.6) is 0 Å². The van der Waals surface area contributed by atoms with Crippen LogP contribution in [0.2, 0.25) is 0 Å². The van der Waals surface area contributed by atoms with Crippen molar-refractivity contribution in [3.8, 4) is 0 Å². The van der Waals surface area contributed by atoms with Crippen LogP contribution in [0.25, 0.3) is 0 Å². The molecule has 2 aliphatic heterocycles. The molecule has 0 fully saturated rings. The highest BCUT2D eigenvalue weighted by Crippen LogP contribution is 2.27. The summed E-state index contributed by atoms with van der Waals surface area (Å²) in [4.78, 5) is 16.9. The molecule has 7 nitrogen and oxygen atoms in total. The lowest BCUT2D eigenvalue weighted by Crippen LogP contribution is -2.39. The smallest absolute Gasteiger partial charge is 0.241 e. The molecule has 0 saturated carbocycles. The number of aryl methyl sites for hydroxylation is 1. The number of nitrogens with zero attached hydrogens (tertiary/aromatic N) is 4. The number of carbonyl (C=O) groups is 1. The summed E-state index contributed by atoms with van der Waals surface area (Å²) in [5.41, 5.74) is 3.73. The summed E-state index contributed by atoms with van der Waals surface area (Å²) in [6.45, 7) is 2.99. The van der Waals surface area contributed by atoms with Crippen LogP contribution in [0.15, 0.2) is 30.3 Å². The van der Waals surface area contributed by atoms with Crippen molar-refractivity contribution in [1.82, 2.24) is 14.7 Å². The van der Waals surface area contributed by atoms with Crippen LogP contribution in [-0.2, 0) is 24.3 Å². The van der Waals surface area contributed by atoms with E-state index >= 15 is 0 Å². The molecule has 26 heavy (non-hydrogen) atoms. The van der Waals surface area contributed by atoms with Crippen LogP contribution < -0.4 is 4.90 Å². The van der Waals surface area contributed by atoms with Crippen LogP contribution in [0, 0.1) is 0 Å². The highest BCUT2D eigenvalue weighted by Gasteiger charge is 2.27. The van der Waals surface area contributed by atoms with Crippen molar-refractivity contribution in [1.29, 1.82) is 0 Å². The second-order valence-electron chi connectivity index (χ2n) is 6.97. The van der Waals surface area contributed by atoms with E-state index in [4.69, 9.17) is 5.11 Å². The molecule has 4 rings (SSSR count). The van der Waals surface area contributed by atoms with E-state index in [2.05, 4.69) is 16.1 Å². The zero-order valence-electron chi connectivity index (χ0n) is 14.7. The SMILES string of the molecule is O=C(CN1CCCn2nc([C@H](O)CO)cc2C1)N1CCc2ccccc21. The summed E-state index contributed by atoms with van der Waals surface area (Å²) < 4.78 is 1.88. The topological polar surface area (TPSA) is 81.8 Å². The summed E-state index contributed by atoms with van der Waals surface area (Å²) in [5.74, 6) is 0.124. The Kier molecular flexibility index (Phi) is 4.76. The highest BCUT2D eigenvalue weighted by atomic mass is 16.3. The van der Waals surface area contributed by atoms with Crippen molar-refractivity contribution in [2.45, 2.75) is 32.0 Å². The summed E-state index contributed by atoms with van der Waals surface area (Å²) in [7, 11) is 0. The van der Waals surface area contributed by atoms with Gasteiger partial charge in [0.2, 0.25) is 5.91 Å². The Morgan fingerprint density at radius 1 is 1.23 bits per heavy atom. The standard InChI is InChI=1S/C19H24N4O3/c24-13-18(25)16-10-15-11-21(7-3-8-23(15)20-16)12-19(26)22-9-6-14-4-1-2-5-17(14)22/h1-2,4-5,10,18,24-25H,3,6-9,11-13H2/t18-/m1/s1. The van der Waals surface area contributed by atoms with Gasteiger partial charge in [0.25, 0.3) is 0 Å². The second-order valence-corrected chi connectivity index (χ2v) is 6.97. The molecule has 3 heterocycles. The van der Waals surface area contributed by atoms with E-state index in [-0.39, 0.29) is 12.5 Å². The van der Waals surface area contributed by atoms with Crippen molar-refractivity contribution in [2.24, 2.45) is 0 Å². The summed E-state index contributed by atoms with van der Waals surface area (Å²) in [6.07, 6.45) is 0.857. The van der Waals surface area contributed by atoms with E-state index in [0.29, 0.717) is 18.8 Å². The van der Waals surface area contributed by atoms with Crippen molar-refractivity contribution in [3.05, 3.63) is 47.3 Å². The first kappa shape index (κ1) is 17.2. The van der Waals surface area contributed by atoms with Gasteiger partial charge in [0.05, 0.1) is 24.5 Å². The number of hydrogen-bond acceptors (Lipinski definition) is 5.